The molecule has 3 aromatic heterocycles. The van der Waals surface area contributed by atoms with Crippen molar-refractivity contribution in [2.45, 2.75) is 38.3 Å². The fourth-order valence-electron chi connectivity index (χ4n) is 5.99. The Morgan fingerprint density at radius 2 is 1.95 bits per heavy atom. The van der Waals surface area contributed by atoms with E-state index in [4.69, 9.17) is 5.10 Å². The molecule has 0 saturated carbocycles. The molecule has 39 heavy (non-hydrogen) atoms. The van der Waals surface area contributed by atoms with Crippen LogP contribution in [0.3, 0.4) is 0 Å². The van der Waals surface area contributed by atoms with E-state index in [1.807, 2.05) is 28.6 Å². The molecule has 1 aromatic carbocycles. The maximum atomic E-state index is 15.9. The second kappa shape index (κ2) is 9.61. The Bertz CT molecular complexity index is 1630. The van der Waals surface area contributed by atoms with E-state index in [0.717, 1.165) is 43.2 Å². The minimum Gasteiger partial charge on any atom is -0.362 e. The number of rotatable bonds is 4. The normalized spacial score (nSPS) is 18.5. The Kier molecular flexibility index (Phi) is 6.22. The van der Waals surface area contributed by atoms with Crippen LogP contribution in [-0.4, -0.2) is 75.4 Å². The van der Waals surface area contributed by atoms with Crippen molar-refractivity contribution in [2.24, 2.45) is 0 Å². The summed E-state index contributed by atoms with van der Waals surface area (Å²) in [7, 11) is 3.51. The molecule has 1 amide bonds. The monoisotopic (exact) mass is 532 g/mol. The van der Waals surface area contributed by atoms with Crippen LogP contribution in [0.15, 0.2) is 30.5 Å². The van der Waals surface area contributed by atoms with Gasteiger partial charge in [-0.25, -0.2) is 13.3 Å². The Hall–Kier alpha value is -4.04. The quantitative estimate of drug-likeness (QED) is 0.399. The van der Waals surface area contributed by atoms with E-state index in [1.165, 1.54) is 4.52 Å². The molecule has 1 fully saturated rings. The maximum absolute atomic E-state index is 15.9. The Morgan fingerprint density at radius 1 is 1.18 bits per heavy atom. The number of nitriles is 1. The van der Waals surface area contributed by atoms with Gasteiger partial charge in [0.25, 0.3) is 0 Å². The second-order valence-electron chi connectivity index (χ2n) is 10.8. The Labute approximate surface area is 224 Å². The minimum absolute atomic E-state index is 0.0736. The number of piperidine rings is 1. The van der Waals surface area contributed by atoms with Gasteiger partial charge in [0, 0.05) is 26.0 Å². The summed E-state index contributed by atoms with van der Waals surface area (Å²) in [6.45, 7) is 4.86. The summed E-state index contributed by atoms with van der Waals surface area (Å²) >= 11 is 0. The third kappa shape index (κ3) is 4.19. The van der Waals surface area contributed by atoms with Crippen LogP contribution in [0.2, 0.25) is 0 Å². The van der Waals surface area contributed by atoms with Crippen LogP contribution in [0.4, 0.5) is 14.5 Å². The summed E-state index contributed by atoms with van der Waals surface area (Å²) in [5, 5.41) is 18.9. The van der Waals surface area contributed by atoms with Gasteiger partial charge in [-0.05, 0) is 56.5 Å². The Balaban J connectivity index is 1.29. The van der Waals surface area contributed by atoms with E-state index < -0.39 is 5.82 Å². The third-order valence-electron chi connectivity index (χ3n) is 8.12. The zero-order chi connectivity index (χ0) is 27.4. The van der Waals surface area contributed by atoms with Crippen LogP contribution in [-0.2, 0) is 11.3 Å². The van der Waals surface area contributed by atoms with Gasteiger partial charge in [-0.2, -0.15) is 15.5 Å². The first-order valence-corrected chi connectivity index (χ1v) is 13.2. The first-order chi connectivity index (χ1) is 18.8. The molecular weight excluding hydrogens is 502 g/mol. The molecule has 11 heteroatoms. The van der Waals surface area contributed by atoms with Gasteiger partial charge in [-0.3, -0.25) is 14.4 Å². The number of amides is 1. The molecule has 0 unspecified atom stereocenters. The number of carbonyl (C=O) groups is 1. The number of halogens is 2. The highest BCUT2D eigenvalue weighted by Gasteiger charge is 2.31. The number of fused-ring (bicyclic) bond motifs is 4. The fourth-order valence-corrected chi connectivity index (χ4v) is 5.99. The standard InChI is InChI=1S/C28H30F2N8O/c1-17-14-36(23-7-4-19(12-31)38-28(23)22(29)13-32-38)15-24-21-6-5-20(26(30)27(21)33-37(17)24)18-8-10-35(11-9-18)16-25(39)34(2)3/h4-7,13,17-18H,8-11,14-16H2,1-3H3/t17-/m1/s1. The van der Waals surface area contributed by atoms with Gasteiger partial charge >= 0.3 is 0 Å². The number of pyridine rings is 1. The van der Waals surface area contributed by atoms with Gasteiger partial charge in [-0.1, -0.05) is 12.1 Å². The predicted molar refractivity (Wildman–Crippen MR) is 142 cm³/mol. The zero-order valence-corrected chi connectivity index (χ0v) is 22.2. The highest BCUT2D eigenvalue weighted by Crippen LogP contribution is 2.37. The number of hydrogen-bond donors (Lipinski definition) is 0. The van der Waals surface area contributed by atoms with Crippen molar-refractivity contribution in [1.29, 1.82) is 5.26 Å². The van der Waals surface area contributed by atoms with Gasteiger partial charge in [-0.15, -0.1) is 0 Å². The lowest BCUT2D eigenvalue weighted by Crippen LogP contribution is -2.40. The van der Waals surface area contributed by atoms with Crippen molar-refractivity contribution < 1.29 is 13.6 Å². The molecule has 9 nitrogen and oxygen atoms in total. The summed E-state index contributed by atoms with van der Waals surface area (Å²) in [5.41, 5.74) is 3.05. The summed E-state index contributed by atoms with van der Waals surface area (Å²) < 4.78 is 33.9. The van der Waals surface area contributed by atoms with E-state index in [-0.39, 0.29) is 34.9 Å². The molecule has 0 bridgehead atoms. The number of benzene rings is 1. The van der Waals surface area contributed by atoms with E-state index in [9.17, 15) is 14.4 Å². The lowest BCUT2D eigenvalue weighted by atomic mass is 9.88. The largest absolute Gasteiger partial charge is 0.362 e. The summed E-state index contributed by atoms with van der Waals surface area (Å²) in [6.07, 6.45) is 2.69. The van der Waals surface area contributed by atoms with Crippen molar-refractivity contribution in [2.75, 3.05) is 45.2 Å². The molecule has 202 valence electrons. The molecule has 5 heterocycles. The number of anilines is 1. The van der Waals surface area contributed by atoms with Crippen LogP contribution in [0.5, 0.6) is 0 Å². The predicted octanol–water partition coefficient (Wildman–Crippen LogP) is 3.68. The molecule has 1 atom stereocenters. The molecule has 0 spiro atoms. The molecule has 0 radical (unpaired) electrons. The molecule has 0 N–H and O–H groups in total. The maximum Gasteiger partial charge on any atom is 0.236 e. The van der Waals surface area contributed by atoms with E-state index in [2.05, 4.69) is 16.1 Å². The SMILES string of the molecule is C[C@@H]1CN(c2ccc(C#N)n3ncc(F)c23)Cc2c3ccc(C4CCN(CC(=O)N(C)C)CC4)c(F)c3nn21. The van der Waals surface area contributed by atoms with Gasteiger partial charge in [0.05, 0.1) is 36.7 Å². The molecule has 6 rings (SSSR count). The molecular formula is C28H30F2N8O. The molecule has 1 saturated heterocycles. The van der Waals surface area contributed by atoms with Crippen molar-refractivity contribution in [3.63, 3.8) is 0 Å². The average Bonchev–Trinajstić information content (AvgIpc) is 3.51. The van der Waals surface area contributed by atoms with E-state index in [0.29, 0.717) is 36.4 Å². The highest BCUT2D eigenvalue weighted by atomic mass is 19.1. The highest BCUT2D eigenvalue weighted by molar-refractivity contribution is 5.84. The summed E-state index contributed by atoms with van der Waals surface area (Å²) in [5.74, 6) is -0.625. The second-order valence-corrected chi connectivity index (χ2v) is 10.8. The van der Waals surface area contributed by atoms with E-state index in [1.54, 1.807) is 31.1 Å². The molecule has 0 aliphatic carbocycles. The van der Waals surface area contributed by atoms with Crippen LogP contribution in [0.25, 0.3) is 16.4 Å². The summed E-state index contributed by atoms with van der Waals surface area (Å²) in [6, 6.07) is 9.19. The Morgan fingerprint density at radius 3 is 2.67 bits per heavy atom. The smallest absolute Gasteiger partial charge is 0.236 e. The topological polar surface area (TPSA) is 85.7 Å². The van der Waals surface area contributed by atoms with Gasteiger partial charge in [0.2, 0.25) is 5.91 Å². The number of aromatic nitrogens is 4. The van der Waals surface area contributed by atoms with Crippen LogP contribution in [0.1, 0.15) is 48.7 Å². The number of hydrogen-bond acceptors (Lipinski definition) is 6. The number of carbonyl (C=O) groups excluding carboxylic acids is 1. The molecule has 2 aliphatic heterocycles. The fraction of sp³-hybridized carbons (Fsp3) is 0.429. The number of likely N-dealkylation sites (N-methyl/N-ethyl adjacent to an activating group) is 1. The van der Waals surface area contributed by atoms with E-state index >= 15 is 4.39 Å². The average molecular weight is 533 g/mol. The zero-order valence-electron chi connectivity index (χ0n) is 22.2. The molecule has 2 aliphatic rings. The minimum atomic E-state index is -0.494. The number of likely N-dealkylation sites (tertiary alicyclic amines) is 1. The van der Waals surface area contributed by atoms with Crippen molar-refractivity contribution in [3.8, 4) is 6.07 Å². The first-order valence-electron chi connectivity index (χ1n) is 13.2. The first kappa shape index (κ1) is 25.2. The van der Waals surface area contributed by atoms with Crippen LogP contribution in [0, 0.1) is 23.0 Å². The van der Waals surface area contributed by atoms with Gasteiger partial charge in [0.1, 0.15) is 22.8 Å². The van der Waals surface area contributed by atoms with Crippen molar-refractivity contribution in [3.05, 3.63) is 59.0 Å². The third-order valence-corrected chi connectivity index (χ3v) is 8.12. The summed E-state index contributed by atoms with van der Waals surface area (Å²) in [4.78, 5) is 17.8. The lowest BCUT2D eigenvalue weighted by molar-refractivity contribution is -0.130. The molecule has 4 aromatic rings. The van der Waals surface area contributed by atoms with Crippen molar-refractivity contribution in [1.82, 2.24) is 29.2 Å². The van der Waals surface area contributed by atoms with Crippen LogP contribution >= 0.6 is 0 Å². The van der Waals surface area contributed by atoms with Gasteiger partial charge < -0.3 is 9.80 Å². The lowest BCUT2D eigenvalue weighted by Gasteiger charge is -2.34. The van der Waals surface area contributed by atoms with Crippen molar-refractivity contribution >= 4 is 28.0 Å². The van der Waals surface area contributed by atoms with Gasteiger partial charge in [0.15, 0.2) is 11.6 Å². The van der Waals surface area contributed by atoms with Crippen LogP contribution < -0.4 is 4.90 Å². The number of nitrogens with zero attached hydrogens (tertiary/aromatic N) is 8.